The van der Waals surface area contributed by atoms with E-state index in [9.17, 15) is 0 Å². The molecule has 0 aliphatic rings. The minimum atomic E-state index is 0.616. The van der Waals surface area contributed by atoms with Crippen LogP contribution in [-0.4, -0.2) is 0 Å². The van der Waals surface area contributed by atoms with E-state index in [0.717, 1.165) is 20.9 Å². The fourth-order valence-electron chi connectivity index (χ4n) is 1.73. The number of benzene rings is 2. The third-order valence-corrected chi connectivity index (χ3v) is 5.87. The second-order valence-electron chi connectivity index (χ2n) is 4.55. The van der Waals surface area contributed by atoms with E-state index < -0.39 is 0 Å². The van der Waals surface area contributed by atoms with Gasteiger partial charge in [0.15, 0.2) is 0 Å². The van der Waals surface area contributed by atoms with Gasteiger partial charge in [-0.05, 0) is 49.2 Å². The highest BCUT2D eigenvalue weighted by molar-refractivity contribution is 8.76. The van der Waals surface area contributed by atoms with Crippen molar-refractivity contribution in [3.05, 3.63) is 35.4 Å². The van der Waals surface area contributed by atoms with Crippen molar-refractivity contribution in [3.63, 3.8) is 0 Å². The molecule has 2 rings (SSSR count). The fraction of sp³-hybridized carbons (Fsp3) is 0.143. The lowest BCUT2D eigenvalue weighted by Crippen LogP contribution is -1.98. The normalized spacial score (nSPS) is 10.7. The van der Waals surface area contributed by atoms with Gasteiger partial charge >= 0.3 is 0 Å². The van der Waals surface area contributed by atoms with Crippen molar-refractivity contribution in [2.45, 2.75) is 23.6 Å². The van der Waals surface area contributed by atoms with Crippen molar-refractivity contribution in [2.24, 2.45) is 0 Å². The Bertz CT molecular complexity index is 599. The molecule has 0 aliphatic heterocycles. The molecule has 0 amide bonds. The summed E-state index contributed by atoms with van der Waals surface area (Å²) in [6, 6.07) is 7.62. The molecule has 0 fully saturated rings. The van der Waals surface area contributed by atoms with Gasteiger partial charge in [-0.15, -0.1) is 0 Å². The summed E-state index contributed by atoms with van der Waals surface area (Å²) >= 11 is 0. The molecule has 0 spiro atoms. The largest absolute Gasteiger partial charge is 0.397 e. The van der Waals surface area contributed by atoms with Gasteiger partial charge in [-0.3, -0.25) is 0 Å². The molecule has 2 aromatic carbocycles. The monoisotopic (exact) mass is 306 g/mol. The van der Waals surface area contributed by atoms with Gasteiger partial charge < -0.3 is 22.9 Å². The first-order valence-electron chi connectivity index (χ1n) is 6.05. The summed E-state index contributed by atoms with van der Waals surface area (Å²) in [5.41, 5.74) is 28.0. The number of rotatable bonds is 3. The van der Waals surface area contributed by atoms with E-state index in [2.05, 4.69) is 0 Å². The molecular weight excluding hydrogens is 288 g/mol. The summed E-state index contributed by atoms with van der Waals surface area (Å²) < 4.78 is 0. The van der Waals surface area contributed by atoms with Crippen LogP contribution in [0.1, 0.15) is 11.1 Å². The average molecular weight is 306 g/mol. The van der Waals surface area contributed by atoms with Crippen molar-refractivity contribution in [1.82, 2.24) is 0 Å². The van der Waals surface area contributed by atoms with Gasteiger partial charge in [-0.2, -0.15) is 0 Å². The molecule has 0 bridgehead atoms. The molecule has 8 N–H and O–H groups in total. The number of nitrogen functional groups attached to an aromatic ring is 4. The maximum atomic E-state index is 5.94. The van der Waals surface area contributed by atoms with Crippen molar-refractivity contribution in [1.29, 1.82) is 0 Å². The van der Waals surface area contributed by atoms with Crippen molar-refractivity contribution in [2.75, 3.05) is 22.9 Å². The second kappa shape index (κ2) is 5.76. The van der Waals surface area contributed by atoms with Crippen LogP contribution in [0, 0.1) is 13.8 Å². The van der Waals surface area contributed by atoms with Gasteiger partial charge in [0.2, 0.25) is 0 Å². The molecule has 20 heavy (non-hydrogen) atoms. The van der Waals surface area contributed by atoms with Gasteiger partial charge in [0.25, 0.3) is 0 Å². The predicted octanol–water partition coefficient (Wildman–Crippen LogP) is 3.43. The fourth-order valence-corrected chi connectivity index (χ4v) is 4.25. The first-order valence-corrected chi connectivity index (χ1v) is 8.20. The Hall–Kier alpha value is -1.66. The van der Waals surface area contributed by atoms with Crippen LogP contribution in [0.25, 0.3) is 0 Å². The SMILES string of the molecule is Cc1c(SSc2ccc(N)c(N)c2C)ccc(N)c1N. The lowest BCUT2D eigenvalue weighted by Gasteiger charge is -2.12. The quantitative estimate of drug-likeness (QED) is 0.511. The summed E-state index contributed by atoms with van der Waals surface area (Å²) in [7, 11) is 3.27. The lowest BCUT2D eigenvalue weighted by atomic mass is 10.2. The first-order chi connectivity index (χ1) is 9.41. The Morgan fingerprint density at radius 2 is 1.00 bits per heavy atom. The first kappa shape index (κ1) is 14.7. The topological polar surface area (TPSA) is 104 Å². The zero-order valence-electron chi connectivity index (χ0n) is 11.4. The van der Waals surface area contributed by atoms with Crippen LogP contribution in [0.3, 0.4) is 0 Å². The Balaban J connectivity index is 2.22. The standard InChI is InChI=1S/C14H18N4S2/c1-7-11(5-3-9(15)13(7)17)19-20-12-6-4-10(16)14(18)8(12)2/h3-6H,15-18H2,1-2H3. The molecule has 0 saturated heterocycles. The van der Waals surface area contributed by atoms with Crippen LogP contribution in [0.5, 0.6) is 0 Å². The smallest absolute Gasteiger partial charge is 0.0589 e. The maximum absolute atomic E-state index is 5.94. The van der Waals surface area contributed by atoms with E-state index in [1.807, 2.05) is 38.1 Å². The number of hydrogen-bond acceptors (Lipinski definition) is 6. The Morgan fingerprint density at radius 1 is 0.650 bits per heavy atom. The average Bonchev–Trinajstić information content (AvgIpc) is 2.43. The molecule has 0 unspecified atom stereocenters. The highest BCUT2D eigenvalue weighted by Crippen LogP contribution is 2.43. The molecule has 0 aliphatic carbocycles. The maximum Gasteiger partial charge on any atom is 0.0589 e. The van der Waals surface area contributed by atoms with Crippen LogP contribution in [0.4, 0.5) is 22.7 Å². The number of nitrogens with two attached hydrogens (primary N) is 4. The summed E-state index contributed by atoms with van der Waals surface area (Å²) in [5.74, 6) is 0. The van der Waals surface area contributed by atoms with Crippen LogP contribution in [0.15, 0.2) is 34.1 Å². The van der Waals surface area contributed by atoms with Crippen LogP contribution in [-0.2, 0) is 0 Å². The molecule has 0 aromatic heterocycles. The van der Waals surface area contributed by atoms with Crippen molar-refractivity contribution in [3.8, 4) is 0 Å². The Morgan fingerprint density at radius 3 is 1.35 bits per heavy atom. The van der Waals surface area contributed by atoms with Crippen LogP contribution < -0.4 is 22.9 Å². The Kier molecular flexibility index (Phi) is 4.25. The van der Waals surface area contributed by atoms with Crippen molar-refractivity contribution < 1.29 is 0 Å². The molecule has 0 radical (unpaired) electrons. The van der Waals surface area contributed by atoms with Crippen LogP contribution >= 0.6 is 21.6 Å². The molecular formula is C14H18N4S2. The van der Waals surface area contributed by atoms with E-state index in [0.29, 0.717) is 22.7 Å². The lowest BCUT2D eigenvalue weighted by molar-refractivity contribution is 1.31. The van der Waals surface area contributed by atoms with Crippen LogP contribution in [0.2, 0.25) is 0 Å². The van der Waals surface area contributed by atoms with Gasteiger partial charge in [0, 0.05) is 9.79 Å². The molecule has 6 heteroatoms. The summed E-state index contributed by atoms with van der Waals surface area (Å²) in [6.07, 6.45) is 0. The highest BCUT2D eigenvalue weighted by Gasteiger charge is 2.09. The Labute approximate surface area is 126 Å². The third-order valence-electron chi connectivity index (χ3n) is 3.22. The van der Waals surface area contributed by atoms with E-state index in [1.54, 1.807) is 21.6 Å². The minimum Gasteiger partial charge on any atom is -0.397 e. The number of hydrogen-bond donors (Lipinski definition) is 4. The van der Waals surface area contributed by atoms with E-state index in [4.69, 9.17) is 22.9 Å². The van der Waals surface area contributed by atoms with E-state index in [1.165, 1.54) is 0 Å². The van der Waals surface area contributed by atoms with Gasteiger partial charge in [-0.25, -0.2) is 0 Å². The molecule has 4 nitrogen and oxygen atoms in total. The summed E-state index contributed by atoms with van der Waals surface area (Å²) in [5, 5.41) is 0. The zero-order valence-corrected chi connectivity index (χ0v) is 13.1. The van der Waals surface area contributed by atoms with Crippen molar-refractivity contribution >= 4 is 44.3 Å². The van der Waals surface area contributed by atoms with E-state index >= 15 is 0 Å². The highest BCUT2D eigenvalue weighted by atomic mass is 33.1. The zero-order chi connectivity index (χ0) is 14.9. The van der Waals surface area contributed by atoms with E-state index in [-0.39, 0.29) is 0 Å². The number of anilines is 4. The minimum absolute atomic E-state index is 0.616. The molecule has 106 valence electrons. The summed E-state index contributed by atoms with van der Waals surface area (Å²) in [4.78, 5) is 2.19. The van der Waals surface area contributed by atoms with Gasteiger partial charge in [0.05, 0.1) is 22.7 Å². The summed E-state index contributed by atoms with van der Waals surface area (Å²) in [6.45, 7) is 3.94. The van der Waals surface area contributed by atoms with Gasteiger partial charge in [0.1, 0.15) is 0 Å². The molecule has 2 aromatic rings. The molecule has 0 heterocycles. The predicted molar refractivity (Wildman–Crippen MR) is 91.7 cm³/mol. The molecule has 0 atom stereocenters. The van der Waals surface area contributed by atoms with Gasteiger partial charge in [-0.1, -0.05) is 21.6 Å². The third kappa shape index (κ3) is 2.76. The molecule has 0 saturated carbocycles. The second-order valence-corrected chi connectivity index (χ2v) is 6.76.